The van der Waals surface area contributed by atoms with Crippen LogP contribution in [0.15, 0.2) is 65.6 Å². The third kappa shape index (κ3) is 5.35. The molecule has 0 spiro atoms. The first-order chi connectivity index (χ1) is 17.9. The average Bonchev–Trinajstić information content (AvgIpc) is 3.18. The normalized spacial score (nSPS) is 24.2. The van der Waals surface area contributed by atoms with Crippen molar-refractivity contribution in [2.45, 2.75) is 55.0 Å². The number of nitrogens with zero attached hydrogens (tertiary/aromatic N) is 2. The molecule has 1 N–H and O–H groups in total. The highest BCUT2D eigenvalue weighted by molar-refractivity contribution is 7.89. The first-order valence-electron chi connectivity index (χ1n) is 13.0. The topological polar surface area (TPSA) is 96.0 Å². The largest absolute Gasteiger partial charge is 0.379 e. The van der Waals surface area contributed by atoms with E-state index in [1.165, 1.54) is 9.21 Å². The van der Waals surface area contributed by atoms with Crippen LogP contribution in [0.4, 0.5) is 5.69 Å². The molecule has 2 amide bonds. The molecule has 2 aliphatic heterocycles. The van der Waals surface area contributed by atoms with Crippen molar-refractivity contribution in [2.24, 2.45) is 0 Å². The van der Waals surface area contributed by atoms with Crippen molar-refractivity contribution in [1.82, 2.24) is 9.21 Å². The molecular weight excluding hydrogens is 490 g/mol. The molecule has 0 radical (unpaired) electrons. The van der Waals surface area contributed by atoms with Crippen molar-refractivity contribution in [3.05, 3.63) is 66.2 Å². The summed E-state index contributed by atoms with van der Waals surface area (Å²) < 4.78 is 32.7. The van der Waals surface area contributed by atoms with Crippen LogP contribution in [0, 0.1) is 0 Å². The van der Waals surface area contributed by atoms with Crippen molar-refractivity contribution in [2.75, 3.05) is 31.6 Å². The van der Waals surface area contributed by atoms with E-state index >= 15 is 0 Å². The number of hydrogen-bond acceptors (Lipinski definition) is 6. The Labute approximate surface area is 218 Å². The third-order valence-electron chi connectivity index (χ3n) is 7.43. The van der Waals surface area contributed by atoms with Crippen LogP contribution in [0.25, 0.3) is 6.08 Å². The van der Waals surface area contributed by atoms with Gasteiger partial charge in [0.05, 0.1) is 24.5 Å². The maximum atomic E-state index is 13.9. The fourth-order valence-corrected chi connectivity index (χ4v) is 6.82. The lowest BCUT2D eigenvalue weighted by Crippen LogP contribution is -2.48. The van der Waals surface area contributed by atoms with Crippen LogP contribution >= 0.6 is 0 Å². The SMILES string of the molecule is O=C1CC(/C=C/c2ccccc2)(Nc2ccc(S(=O)(=O)N3CCOCC3)cc2)C(=O)N1C1CCCCC1. The van der Waals surface area contributed by atoms with Gasteiger partial charge in [0.15, 0.2) is 0 Å². The minimum atomic E-state index is -3.63. The highest BCUT2D eigenvalue weighted by Gasteiger charge is 2.52. The number of likely N-dealkylation sites (tertiary alicyclic amines) is 1. The molecule has 1 atom stereocenters. The van der Waals surface area contributed by atoms with Crippen LogP contribution in [-0.4, -0.2) is 67.3 Å². The Morgan fingerprint density at radius 2 is 1.59 bits per heavy atom. The molecule has 3 fully saturated rings. The summed E-state index contributed by atoms with van der Waals surface area (Å²) in [6, 6.07) is 16.0. The molecule has 5 rings (SSSR count). The van der Waals surface area contributed by atoms with Gasteiger partial charge in [0.2, 0.25) is 15.9 Å². The van der Waals surface area contributed by atoms with E-state index in [4.69, 9.17) is 4.74 Å². The Balaban J connectivity index is 1.43. The number of benzene rings is 2. The second-order valence-electron chi connectivity index (χ2n) is 9.92. The number of sulfonamides is 1. The minimum Gasteiger partial charge on any atom is -0.379 e. The third-order valence-corrected chi connectivity index (χ3v) is 9.34. The van der Waals surface area contributed by atoms with Crippen molar-refractivity contribution in [3.63, 3.8) is 0 Å². The summed E-state index contributed by atoms with van der Waals surface area (Å²) in [4.78, 5) is 28.7. The van der Waals surface area contributed by atoms with Gasteiger partial charge in [0.1, 0.15) is 5.54 Å². The Morgan fingerprint density at radius 1 is 0.919 bits per heavy atom. The lowest BCUT2D eigenvalue weighted by molar-refractivity contribution is -0.142. The van der Waals surface area contributed by atoms with E-state index in [0.717, 1.165) is 37.7 Å². The summed E-state index contributed by atoms with van der Waals surface area (Å²) in [5.41, 5.74) is 0.256. The molecule has 3 aliphatic rings. The predicted octanol–water partition coefficient (Wildman–Crippen LogP) is 3.66. The summed E-state index contributed by atoms with van der Waals surface area (Å²) in [7, 11) is -3.63. The van der Waals surface area contributed by atoms with E-state index in [2.05, 4.69) is 5.32 Å². The van der Waals surface area contributed by atoms with E-state index < -0.39 is 15.6 Å². The Bertz CT molecular complexity index is 1250. The molecule has 0 bridgehead atoms. The number of imide groups is 1. The maximum Gasteiger partial charge on any atom is 0.259 e. The lowest BCUT2D eigenvalue weighted by Gasteiger charge is -2.32. The molecular formula is C28H33N3O5S. The molecule has 2 aromatic rings. The molecule has 2 heterocycles. The number of amides is 2. The summed E-state index contributed by atoms with van der Waals surface area (Å²) in [5, 5.41) is 3.30. The maximum absolute atomic E-state index is 13.9. The van der Waals surface area contributed by atoms with Gasteiger partial charge in [-0.05, 0) is 48.7 Å². The summed E-state index contributed by atoms with van der Waals surface area (Å²) in [5.74, 6) is -0.421. The summed E-state index contributed by atoms with van der Waals surface area (Å²) in [6.45, 7) is 1.40. The van der Waals surface area contributed by atoms with E-state index in [0.29, 0.717) is 32.0 Å². The highest BCUT2D eigenvalue weighted by Crippen LogP contribution is 2.36. The van der Waals surface area contributed by atoms with Crippen LogP contribution in [0.5, 0.6) is 0 Å². The van der Waals surface area contributed by atoms with Crippen molar-refractivity contribution in [1.29, 1.82) is 0 Å². The Morgan fingerprint density at radius 3 is 2.27 bits per heavy atom. The van der Waals surface area contributed by atoms with Gasteiger partial charge in [0.25, 0.3) is 5.91 Å². The molecule has 0 aromatic heterocycles. The fraction of sp³-hybridized carbons (Fsp3) is 0.429. The quantitative estimate of drug-likeness (QED) is 0.557. The van der Waals surface area contributed by atoms with E-state index in [1.54, 1.807) is 30.3 Å². The number of anilines is 1. The molecule has 9 heteroatoms. The molecule has 37 heavy (non-hydrogen) atoms. The monoisotopic (exact) mass is 523 g/mol. The van der Waals surface area contributed by atoms with Crippen LogP contribution in [-0.2, 0) is 24.3 Å². The predicted molar refractivity (Wildman–Crippen MR) is 141 cm³/mol. The summed E-state index contributed by atoms with van der Waals surface area (Å²) in [6.07, 6.45) is 8.49. The molecule has 2 aromatic carbocycles. The van der Waals surface area contributed by atoms with Gasteiger partial charge < -0.3 is 10.1 Å². The van der Waals surface area contributed by atoms with Crippen LogP contribution in [0.2, 0.25) is 0 Å². The minimum absolute atomic E-state index is 0.0134. The second kappa shape index (κ2) is 10.8. The van der Waals surface area contributed by atoms with Gasteiger partial charge in [-0.2, -0.15) is 4.31 Å². The molecule has 196 valence electrons. The number of ether oxygens (including phenoxy) is 1. The Kier molecular flexibility index (Phi) is 7.46. The van der Waals surface area contributed by atoms with E-state index in [-0.39, 0.29) is 29.2 Å². The van der Waals surface area contributed by atoms with Crippen LogP contribution in [0.1, 0.15) is 44.1 Å². The molecule has 1 saturated carbocycles. The van der Waals surface area contributed by atoms with Crippen molar-refractivity contribution >= 4 is 33.6 Å². The number of carbonyl (C=O) groups is 2. The van der Waals surface area contributed by atoms with Gasteiger partial charge in [-0.3, -0.25) is 14.5 Å². The number of hydrogen-bond donors (Lipinski definition) is 1. The van der Waals surface area contributed by atoms with Gasteiger partial charge >= 0.3 is 0 Å². The van der Waals surface area contributed by atoms with Crippen molar-refractivity contribution in [3.8, 4) is 0 Å². The van der Waals surface area contributed by atoms with Crippen LogP contribution in [0.3, 0.4) is 0 Å². The standard InChI is InChI=1S/C28H33N3O5S/c32-26-21-28(16-15-22-7-3-1-4-8-22,27(33)31(26)24-9-5-2-6-10-24)29-23-11-13-25(14-12-23)37(34,35)30-17-19-36-20-18-30/h1,3-4,7-8,11-16,24,29H,2,5-6,9-10,17-21H2/b16-15+. The molecule has 2 saturated heterocycles. The average molecular weight is 524 g/mol. The first-order valence-corrected chi connectivity index (χ1v) is 14.4. The molecule has 8 nitrogen and oxygen atoms in total. The van der Waals surface area contributed by atoms with Gasteiger partial charge in [-0.25, -0.2) is 8.42 Å². The number of carbonyl (C=O) groups excluding carboxylic acids is 2. The van der Waals surface area contributed by atoms with Gasteiger partial charge in [0, 0.05) is 24.8 Å². The zero-order chi connectivity index (χ0) is 25.9. The molecule has 1 unspecified atom stereocenters. The zero-order valence-electron chi connectivity index (χ0n) is 20.8. The fourth-order valence-electron chi connectivity index (χ4n) is 5.41. The smallest absolute Gasteiger partial charge is 0.259 e. The summed E-state index contributed by atoms with van der Waals surface area (Å²) >= 11 is 0. The van der Waals surface area contributed by atoms with Crippen molar-refractivity contribution < 1.29 is 22.7 Å². The Hall–Kier alpha value is -3.01. The second-order valence-corrected chi connectivity index (χ2v) is 11.9. The highest BCUT2D eigenvalue weighted by atomic mass is 32.2. The number of nitrogens with one attached hydrogen (secondary N) is 1. The number of morpholine rings is 1. The van der Waals surface area contributed by atoms with Gasteiger partial charge in [-0.15, -0.1) is 0 Å². The molecule has 1 aliphatic carbocycles. The van der Waals surface area contributed by atoms with Crippen LogP contribution < -0.4 is 5.32 Å². The number of rotatable bonds is 7. The first kappa shape index (κ1) is 25.6. The zero-order valence-corrected chi connectivity index (χ0v) is 21.7. The van der Waals surface area contributed by atoms with Gasteiger partial charge in [-0.1, -0.05) is 55.7 Å². The van der Waals surface area contributed by atoms with E-state index in [9.17, 15) is 18.0 Å². The van der Waals surface area contributed by atoms with E-state index in [1.807, 2.05) is 36.4 Å². The lowest BCUT2D eigenvalue weighted by atomic mass is 9.93.